The molecule has 0 aliphatic heterocycles. The van der Waals surface area contributed by atoms with Crippen molar-refractivity contribution >= 4 is 34.8 Å². The van der Waals surface area contributed by atoms with Crippen LogP contribution in [0.15, 0.2) is 66.9 Å². The fraction of sp³-hybridized carbons (Fsp3) is 0. The van der Waals surface area contributed by atoms with Gasteiger partial charge < -0.3 is 5.32 Å². The number of halogens is 2. The molecule has 0 spiro atoms. The third-order valence-electron chi connectivity index (χ3n) is 3.30. The third-order valence-corrected chi connectivity index (χ3v) is 4.04. The van der Waals surface area contributed by atoms with E-state index in [4.69, 9.17) is 23.2 Å². The Labute approximate surface area is 155 Å². The van der Waals surface area contributed by atoms with Crippen molar-refractivity contribution < 1.29 is 4.79 Å². The lowest BCUT2D eigenvalue weighted by Crippen LogP contribution is -2.11. The van der Waals surface area contributed by atoms with Crippen molar-refractivity contribution in [1.29, 1.82) is 0 Å². The van der Waals surface area contributed by atoms with Gasteiger partial charge in [0.25, 0.3) is 5.91 Å². The van der Waals surface area contributed by atoms with Gasteiger partial charge in [-0.25, -0.2) is 4.98 Å². The minimum atomic E-state index is -0.270. The molecule has 0 fully saturated rings. The monoisotopic (exact) mass is 366 g/mol. The summed E-state index contributed by atoms with van der Waals surface area (Å²) in [5, 5.41) is 3.56. The van der Waals surface area contributed by atoms with Crippen LogP contribution in [0.3, 0.4) is 0 Å². The van der Waals surface area contributed by atoms with E-state index in [0.29, 0.717) is 27.0 Å². The lowest BCUT2D eigenvalue weighted by Gasteiger charge is -2.06. The van der Waals surface area contributed by atoms with Crippen molar-refractivity contribution in [2.24, 2.45) is 0 Å². The lowest BCUT2D eigenvalue weighted by molar-refractivity contribution is 0.102. The van der Waals surface area contributed by atoms with Crippen LogP contribution in [-0.4, -0.2) is 10.9 Å². The molecule has 25 heavy (non-hydrogen) atoms. The van der Waals surface area contributed by atoms with Gasteiger partial charge in [0.05, 0.1) is 10.0 Å². The predicted molar refractivity (Wildman–Crippen MR) is 101 cm³/mol. The molecule has 1 N–H and O–H groups in total. The topological polar surface area (TPSA) is 42.0 Å². The number of benzene rings is 2. The van der Waals surface area contributed by atoms with Gasteiger partial charge in [-0.2, -0.15) is 0 Å². The summed E-state index contributed by atoms with van der Waals surface area (Å²) >= 11 is 11.8. The summed E-state index contributed by atoms with van der Waals surface area (Å²) < 4.78 is 0. The summed E-state index contributed by atoms with van der Waals surface area (Å²) in [5.41, 5.74) is 2.54. The number of anilines is 1. The van der Waals surface area contributed by atoms with Gasteiger partial charge in [0.1, 0.15) is 5.69 Å². The van der Waals surface area contributed by atoms with E-state index >= 15 is 0 Å². The van der Waals surface area contributed by atoms with Gasteiger partial charge in [0, 0.05) is 23.0 Å². The molecule has 0 atom stereocenters. The number of carbonyl (C=O) groups excluding carboxylic acids is 1. The summed E-state index contributed by atoms with van der Waals surface area (Å²) in [6.45, 7) is 0. The van der Waals surface area contributed by atoms with Gasteiger partial charge in [-0.3, -0.25) is 4.79 Å². The van der Waals surface area contributed by atoms with Gasteiger partial charge >= 0.3 is 0 Å². The zero-order chi connectivity index (χ0) is 17.6. The second-order valence-electron chi connectivity index (χ2n) is 5.13. The Bertz CT molecular complexity index is 976. The quantitative estimate of drug-likeness (QED) is 0.645. The number of carbonyl (C=O) groups is 1. The number of hydrogen-bond acceptors (Lipinski definition) is 2. The largest absolute Gasteiger partial charge is 0.322 e. The molecular formula is C20H12Cl2N2O. The Morgan fingerprint density at radius 1 is 0.920 bits per heavy atom. The zero-order valence-corrected chi connectivity index (χ0v) is 14.5. The molecule has 3 nitrogen and oxygen atoms in total. The molecule has 0 unspecified atom stereocenters. The van der Waals surface area contributed by atoms with Crippen molar-refractivity contribution in [3.05, 3.63) is 93.7 Å². The minimum Gasteiger partial charge on any atom is -0.322 e. The molecule has 122 valence electrons. The van der Waals surface area contributed by atoms with Crippen LogP contribution in [0.1, 0.15) is 21.6 Å². The molecule has 3 aromatic rings. The Balaban J connectivity index is 1.76. The van der Waals surface area contributed by atoms with Crippen LogP contribution in [0.4, 0.5) is 5.69 Å². The second kappa shape index (κ2) is 7.85. The predicted octanol–water partition coefficient (Wildman–Crippen LogP) is 5.04. The molecule has 1 amide bonds. The van der Waals surface area contributed by atoms with Crippen LogP contribution in [0.5, 0.6) is 0 Å². The highest BCUT2D eigenvalue weighted by Crippen LogP contribution is 2.23. The van der Waals surface area contributed by atoms with Crippen molar-refractivity contribution in [3.63, 3.8) is 0 Å². The van der Waals surface area contributed by atoms with Gasteiger partial charge in [-0.05, 0) is 54.5 Å². The second-order valence-corrected chi connectivity index (χ2v) is 5.94. The molecule has 0 saturated heterocycles. The maximum Gasteiger partial charge on any atom is 0.255 e. The van der Waals surface area contributed by atoms with Crippen molar-refractivity contribution in [3.8, 4) is 11.8 Å². The zero-order valence-electron chi connectivity index (χ0n) is 13.0. The summed E-state index contributed by atoms with van der Waals surface area (Å²) in [7, 11) is 0. The van der Waals surface area contributed by atoms with Crippen LogP contribution < -0.4 is 5.32 Å². The first-order valence-electron chi connectivity index (χ1n) is 7.41. The van der Waals surface area contributed by atoms with E-state index in [1.165, 1.54) is 6.07 Å². The number of rotatable bonds is 2. The van der Waals surface area contributed by atoms with Gasteiger partial charge in [0.2, 0.25) is 0 Å². The number of nitrogens with zero attached hydrogens (tertiary/aromatic N) is 1. The SMILES string of the molecule is O=C(Nc1cccc(C#Cc2ccccn2)c1)c1ccc(Cl)c(Cl)c1. The van der Waals surface area contributed by atoms with E-state index in [0.717, 1.165) is 5.56 Å². The number of pyridine rings is 1. The Hall–Kier alpha value is -2.80. The van der Waals surface area contributed by atoms with Crippen LogP contribution in [-0.2, 0) is 0 Å². The van der Waals surface area contributed by atoms with E-state index in [9.17, 15) is 4.79 Å². The van der Waals surface area contributed by atoms with E-state index in [1.54, 1.807) is 30.5 Å². The fourth-order valence-electron chi connectivity index (χ4n) is 2.09. The first-order chi connectivity index (χ1) is 12.1. The third kappa shape index (κ3) is 4.60. The number of aromatic nitrogens is 1. The van der Waals surface area contributed by atoms with E-state index in [2.05, 4.69) is 22.1 Å². The lowest BCUT2D eigenvalue weighted by atomic mass is 10.1. The maximum atomic E-state index is 12.3. The highest BCUT2D eigenvalue weighted by Gasteiger charge is 2.08. The van der Waals surface area contributed by atoms with Crippen molar-refractivity contribution in [2.75, 3.05) is 5.32 Å². The maximum absolute atomic E-state index is 12.3. The van der Waals surface area contributed by atoms with Crippen LogP contribution in [0.25, 0.3) is 0 Å². The minimum absolute atomic E-state index is 0.270. The smallest absolute Gasteiger partial charge is 0.255 e. The number of hydrogen-bond donors (Lipinski definition) is 1. The first kappa shape index (κ1) is 17.0. The molecule has 3 rings (SSSR count). The molecule has 5 heteroatoms. The van der Waals surface area contributed by atoms with E-state index in [-0.39, 0.29) is 5.91 Å². The normalized spacial score (nSPS) is 9.84. The summed E-state index contributed by atoms with van der Waals surface area (Å²) in [6.07, 6.45) is 1.69. The van der Waals surface area contributed by atoms with Gasteiger partial charge in [-0.15, -0.1) is 0 Å². The average Bonchev–Trinajstić information content (AvgIpc) is 2.63. The standard InChI is InChI=1S/C20H12Cl2N2O/c21-18-10-8-15(13-19(18)22)20(25)24-17-6-3-4-14(12-17)7-9-16-5-1-2-11-23-16/h1-6,8,10-13H,(H,24,25). The summed E-state index contributed by atoms with van der Waals surface area (Å²) in [5.74, 6) is 5.74. The van der Waals surface area contributed by atoms with Gasteiger partial charge in [0.15, 0.2) is 0 Å². The van der Waals surface area contributed by atoms with Crippen molar-refractivity contribution in [2.45, 2.75) is 0 Å². The fourth-order valence-corrected chi connectivity index (χ4v) is 2.39. The van der Waals surface area contributed by atoms with E-state index < -0.39 is 0 Å². The first-order valence-corrected chi connectivity index (χ1v) is 8.17. The number of nitrogens with one attached hydrogen (secondary N) is 1. The Kier molecular flexibility index (Phi) is 5.35. The molecule has 0 bridgehead atoms. The summed E-state index contributed by atoms with van der Waals surface area (Å²) in [4.78, 5) is 16.5. The highest BCUT2D eigenvalue weighted by molar-refractivity contribution is 6.42. The molecule has 0 aliphatic carbocycles. The average molecular weight is 367 g/mol. The van der Waals surface area contributed by atoms with E-state index in [1.807, 2.05) is 30.3 Å². The molecule has 2 aromatic carbocycles. The molecule has 1 heterocycles. The van der Waals surface area contributed by atoms with Crippen LogP contribution >= 0.6 is 23.2 Å². The molecule has 0 radical (unpaired) electrons. The molecule has 0 aliphatic rings. The number of amides is 1. The molecular weight excluding hydrogens is 355 g/mol. The van der Waals surface area contributed by atoms with Crippen LogP contribution in [0, 0.1) is 11.8 Å². The van der Waals surface area contributed by atoms with Crippen molar-refractivity contribution in [1.82, 2.24) is 4.98 Å². The van der Waals surface area contributed by atoms with Crippen LogP contribution in [0.2, 0.25) is 10.0 Å². The molecule has 0 saturated carbocycles. The molecule has 1 aromatic heterocycles. The Morgan fingerprint density at radius 2 is 1.80 bits per heavy atom. The summed E-state index contributed by atoms with van der Waals surface area (Å²) in [6, 6.07) is 17.6. The Morgan fingerprint density at radius 3 is 2.56 bits per heavy atom. The van der Waals surface area contributed by atoms with Gasteiger partial charge in [-0.1, -0.05) is 41.3 Å². The highest BCUT2D eigenvalue weighted by atomic mass is 35.5.